The zero-order valence-corrected chi connectivity index (χ0v) is 16.4. The maximum Gasteiger partial charge on any atom is 0.261 e. The van der Waals surface area contributed by atoms with Crippen LogP contribution in [0.4, 0.5) is 0 Å². The molecular formula is C20H31N3O2S. The molecule has 0 atom stereocenters. The van der Waals surface area contributed by atoms with Crippen LogP contribution in [0, 0.1) is 5.92 Å². The number of nitrogens with one attached hydrogen (secondary N) is 2. The smallest absolute Gasteiger partial charge is 0.261 e. The SMILES string of the molecule is O=C(CCCNC(=O)c1cccs1)NC1CCN(CC2CCCC2)CC1. The first kappa shape index (κ1) is 19.4. The topological polar surface area (TPSA) is 61.4 Å². The molecule has 1 aliphatic heterocycles. The normalized spacial score (nSPS) is 19.5. The number of carbonyl (C=O) groups excluding carboxylic acids is 2. The van der Waals surface area contributed by atoms with Crippen LogP contribution in [0.25, 0.3) is 0 Å². The van der Waals surface area contributed by atoms with Crippen molar-refractivity contribution in [2.75, 3.05) is 26.2 Å². The van der Waals surface area contributed by atoms with Gasteiger partial charge in [-0.3, -0.25) is 9.59 Å². The molecule has 0 spiro atoms. The van der Waals surface area contributed by atoms with E-state index in [0.717, 1.165) is 36.7 Å². The number of hydrogen-bond donors (Lipinski definition) is 2. The van der Waals surface area contributed by atoms with Crippen LogP contribution in [0.3, 0.4) is 0 Å². The third kappa shape index (κ3) is 6.09. The Morgan fingerprint density at radius 1 is 1.15 bits per heavy atom. The van der Waals surface area contributed by atoms with Crippen LogP contribution in [0.1, 0.15) is 61.0 Å². The van der Waals surface area contributed by atoms with Crippen molar-refractivity contribution in [3.8, 4) is 0 Å². The fourth-order valence-corrected chi connectivity index (χ4v) is 4.70. The van der Waals surface area contributed by atoms with Crippen molar-refractivity contribution >= 4 is 23.2 Å². The van der Waals surface area contributed by atoms with Gasteiger partial charge in [0.1, 0.15) is 0 Å². The predicted molar refractivity (Wildman–Crippen MR) is 105 cm³/mol. The van der Waals surface area contributed by atoms with Crippen molar-refractivity contribution in [2.24, 2.45) is 5.92 Å². The lowest BCUT2D eigenvalue weighted by molar-refractivity contribution is -0.122. The van der Waals surface area contributed by atoms with E-state index in [1.54, 1.807) is 0 Å². The van der Waals surface area contributed by atoms with E-state index in [1.165, 1.54) is 43.6 Å². The standard InChI is InChI=1S/C20H31N3O2S/c24-19(8-3-11-21-20(25)18-7-4-14-26-18)22-17-9-12-23(13-10-17)15-16-5-1-2-6-16/h4,7,14,16-17H,1-3,5-6,8-13,15H2,(H,21,25)(H,22,24). The second-order valence-corrected chi connectivity index (χ2v) is 8.58. The largest absolute Gasteiger partial charge is 0.353 e. The van der Waals surface area contributed by atoms with Crippen molar-refractivity contribution in [2.45, 2.75) is 57.4 Å². The van der Waals surface area contributed by atoms with Gasteiger partial charge < -0.3 is 15.5 Å². The van der Waals surface area contributed by atoms with E-state index in [1.807, 2.05) is 17.5 Å². The average Bonchev–Trinajstić information content (AvgIpc) is 3.34. The van der Waals surface area contributed by atoms with Gasteiger partial charge in [-0.2, -0.15) is 0 Å². The van der Waals surface area contributed by atoms with Crippen molar-refractivity contribution in [1.29, 1.82) is 0 Å². The number of likely N-dealkylation sites (tertiary alicyclic amines) is 1. The van der Waals surface area contributed by atoms with Crippen LogP contribution < -0.4 is 10.6 Å². The molecule has 0 radical (unpaired) electrons. The van der Waals surface area contributed by atoms with Gasteiger partial charge in [-0.1, -0.05) is 18.9 Å². The second-order valence-electron chi connectivity index (χ2n) is 7.63. The van der Waals surface area contributed by atoms with Crippen LogP contribution in [-0.4, -0.2) is 48.9 Å². The van der Waals surface area contributed by atoms with Gasteiger partial charge in [0.2, 0.25) is 5.91 Å². The summed E-state index contributed by atoms with van der Waals surface area (Å²) in [5.41, 5.74) is 0. The van der Waals surface area contributed by atoms with Crippen LogP contribution in [0.2, 0.25) is 0 Å². The zero-order valence-electron chi connectivity index (χ0n) is 15.5. The Morgan fingerprint density at radius 3 is 2.62 bits per heavy atom. The van der Waals surface area contributed by atoms with Crippen molar-refractivity contribution in [3.63, 3.8) is 0 Å². The molecule has 2 heterocycles. The molecule has 1 aromatic rings. The second kappa shape index (κ2) is 10.1. The fraction of sp³-hybridized carbons (Fsp3) is 0.700. The quantitative estimate of drug-likeness (QED) is 0.685. The molecule has 0 bridgehead atoms. The summed E-state index contributed by atoms with van der Waals surface area (Å²) in [4.78, 5) is 27.2. The first-order valence-corrected chi connectivity index (χ1v) is 10.9. The van der Waals surface area contributed by atoms with E-state index in [4.69, 9.17) is 0 Å². The minimum absolute atomic E-state index is 0.0463. The minimum atomic E-state index is -0.0463. The van der Waals surface area contributed by atoms with E-state index in [9.17, 15) is 9.59 Å². The van der Waals surface area contributed by atoms with Gasteiger partial charge >= 0.3 is 0 Å². The Balaban J connectivity index is 1.24. The number of piperidine rings is 1. The minimum Gasteiger partial charge on any atom is -0.353 e. The molecule has 2 fully saturated rings. The molecule has 26 heavy (non-hydrogen) atoms. The average molecular weight is 378 g/mol. The predicted octanol–water partition coefficient (Wildman–Crippen LogP) is 3.03. The Hall–Kier alpha value is -1.40. The lowest BCUT2D eigenvalue weighted by Gasteiger charge is -2.33. The molecule has 0 unspecified atom stereocenters. The maximum absolute atomic E-state index is 12.1. The molecule has 2 aliphatic rings. The molecule has 1 saturated carbocycles. The Labute approximate surface area is 160 Å². The van der Waals surface area contributed by atoms with Gasteiger partial charge in [-0.25, -0.2) is 0 Å². The van der Waals surface area contributed by atoms with Crippen molar-refractivity contribution < 1.29 is 9.59 Å². The van der Waals surface area contributed by atoms with Gasteiger partial charge in [0, 0.05) is 38.6 Å². The summed E-state index contributed by atoms with van der Waals surface area (Å²) in [6.07, 6.45) is 8.91. The van der Waals surface area contributed by atoms with E-state index in [-0.39, 0.29) is 11.8 Å². The first-order valence-electron chi connectivity index (χ1n) is 10.0. The van der Waals surface area contributed by atoms with Crippen molar-refractivity contribution in [1.82, 2.24) is 15.5 Å². The number of rotatable bonds is 8. The highest BCUT2D eigenvalue weighted by molar-refractivity contribution is 7.12. The lowest BCUT2D eigenvalue weighted by atomic mass is 10.0. The van der Waals surface area contributed by atoms with E-state index in [2.05, 4.69) is 15.5 Å². The van der Waals surface area contributed by atoms with Gasteiger partial charge in [0.25, 0.3) is 5.91 Å². The Bertz CT molecular complexity index is 562. The summed E-state index contributed by atoms with van der Waals surface area (Å²) in [6, 6.07) is 4.00. The molecule has 1 saturated heterocycles. The van der Waals surface area contributed by atoms with Gasteiger partial charge in [0.15, 0.2) is 0 Å². The number of hydrogen-bond acceptors (Lipinski definition) is 4. The molecular weight excluding hydrogens is 346 g/mol. The molecule has 1 aliphatic carbocycles. The van der Waals surface area contributed by atoms with Gasteiger partial charge in [-0.05, 0) is 49.5 Å². The first-order chi connectivity index (χ1) is 12.7. The highest BCUT2D eigenvalue weighted by atomic mass is 32.1. The van der Waals surface area contributed by atoms with Crippen molar-refractivity contribution in [3.05, 3.63) is 22.4 Å². The number of nitrogens with zero attached hydrogens (tertiary/aromatic N) is 1. The zero-order chi connectivity index (χ0) is 18.2. The molecule has 3 rings (SSSR count). The van der Waals surface area contributed by atoms with Crippen LogP contribution >= 0.6 is 11.3 Å². The third-order valence-electron chi connectivity index (χ3n) is 5.55. The summed E-state index contributed by atoms with van der Waals surface area (Å²) in [5, 5.41) is 7.93. The van der Waals surface area contributed by atoms with Gasteiger partial charge in [-0.15, -0.1) is 11.3 Å². The number of thiophene rings is 1. The van der Waals surface area contributed by atoms with E-state index in [0.29, 0.717) is 25.4 Å². The summed E-state index contributed by atoms with van der Waals surface area (Å²) in [5.74, 6) is 0.977. The van der Waals surface area contributed by atoms with E-state index >= 15 is 0 Å². The molecule has 1 aromatic heterocycles. The monoisotopic (exact) mass is 377 g/mol. The molecule has 144 valence electrons. The summed E-state index contributed by atoms with van der Waals surface area (Å²) < 4.78 is 0. The highest BCUT2D eigenvalue weighted by Crippen LogP contribution is 2.26. The summed E-state index contributed by atoms with van der Waals surface area (Å²) >= 11 is 1.43. The number of amides is 2. The summed E-state index contributed by atoms with van der Waals surface area (Å²) in [7, 11) is 0. The molecule has 5 nitrogen and oxygen atoms in total. The number of carbonyl (C=O) groups is 2. The third-order valence-corrected chi connectivity index (χ3v) is 6.42. The van der Waals surface area contributed by atoms with E-state index < -0.39 is 0 Å². The summed E-state index contributed by atoms with van der Waals surface area (Å²) in [6.45, 7) is 4.02. The van der Waals surface area contributed by atoms with Gasteiger partial charge in [0.05, 0.1) is 4.88 Å². The Morgan fingerprint density at radius 2 is 1.92 bits per heavy atom. The van der Waals surface area contributed by atoms with Crippen LogP contribution in [0.5, 0.6) is 0 Å². The molecule has 6 heteroatoms. The molecule has 0 aromatic carbocycles. The lowest BCUT2D eigenvalue weighted by Crippen LogP contribution is -2.45. The maximum atomic E-state index is 12.1. The van der Waals surface area contributed by atoms with Crippen LogP contribution in [0.15, 0.2) is 17.5 Å². The van der Waals surface area contributed by atoms with Crippen LogP contribution in [-0.2, 0) is 4.79 Å². The highest BCUT2D eigenvalue weighted by Gasteiger charge is 2.24. The molecule has 2 amide bonds. The fourth-order valence-electron chi connectivity index (χ4n) is 4.06. The Kier molecular flexibility index (Phi) is 7.50. The molecule has 2 N–H and O–H groups in total.